The summed E-state index contributed by atoms with van der Waals surface area (Å²) in [5.74, 6) is 1.01. The van der Waals surface area contributed by atoms with Crippen LogP contribution in [0.3, 0.4) is 0 Å². The minimum Gasteiger partial charge on any atom is -0.495 e. The predicted molar refractivity (Wildman–Crippen MR) is 148 cm³/mol. The number of carbonyl (C=O) groups is 1. The maximum atomic E-state index is 12.8. The summed E-state index contributed by atoms with van der Waals surface area (Å²) in [5, 5.41) is 14.9. The van der Waals surface area contributed by atoms with Crippen molar-refractivity contribution in [2.45, 2.75) is 30.4 Å². The number of carboxylic acid groups (broad SMARTS) is 1. The van der Waals surface area contributed by atoms with Gasteiger partial charge in [-0.2, -0.15) is 4.98 Å². The zero-order valence-electron chi connectivity index (χ0n) is 21.1. The molecular weight excluding hydrogens is 530 g/mol. The molecule has 2 aromatic carbocycles. The highest BCUT2D eigenvalue weighted by atomic mass is 35.5. The first-order chi connectivity index (χ1) is 18.1. The van der Waals surface area contributed by atoms with Crippen molar-refractivity contribution in [2.24, 2.45) is 0 Å². The van der Waals surface area contributed by atoms with Crippen molar-refractivity contribution in [3.8, 4) is 5.75 Å². The highest BCUT2D eigenvalue weighted by molar-refractivity contribution is 7.92. The lowest BCUT2D eigenvalue weighted by Crippen LogP contribution is -2.33. The average Bonchev–Trinajstić information content (AvgIpc) is 2.91. The third kappa shape index (κ3) is 5.84. The van der Waals surface area contributed by atoms with E-state index in [9.17, 15) is 13.2 Å². The van der Waals surface area contributed by atoms with E-state index in [1.54, 1.807) is 45.2 Å². The number of para-hydroxylation sites is 1. The van der Waals surface area contributed by atoms with E-state index >= 15 is 0 Å². The number of hydrogen-bond acceptors (Lipinski definition) is 8. The lowest BCUT2D eigenvalue weighted by Gasteiger charge is -2.24. The number of methoxy groups -OCH3 is 1. The second-order valence-corrected chi connectivity index (χ2v) is 11.7. The quantitative estimate of drug-likeness (QED) is 0.324. The standard InChI is InChI=1S/C26H28ClN5O5S/c1-16(2)38(35,36)23-7-5-4-6-21(23)29-24-19(27)15-28-25(31-24)30-20-9-8-18(14-22(20)37-3)17-10-12-32(13-11-17)26(33)34/h4-10,14-16H,11-13H2,1-3H3,(H,33,34)(H2,28,29,30,31). The van der Waals surface area contributed by atoms with Gasteiger partial charge < -0.3 is 25.4 Å². The first kappa shape index (κ1) is 27.2. The van der Waals surface area contributed by atoms with Crippen LogP contribution in [0, 0.1) is 0 Å². The zero-order chi connectivity index (χ0) is 27.4. The van der Waals surface area contributed by atoms with E-state index < -0.39 is 21.2 Å². The van der Waals surface area contributed by atoms with E-state index in [1.165, 1.54) is 11.1 Å². The van der Waals surface area contributed by atoms with Gasteiger partial charge in [0.15, 0.2) is 15.7 Å². The molecule has 1 aliphatic rings. The maximum Gasteiger partial charge on any atom is 0.407 e. The summed E-state index contributed by atoms with van der Waals surface area (Å²) in [5.41, 5.74) is 2.93. The van der Waals surface area contributed by atoms with Crippen LogP contribution in [0.15, 0.2) is 59.6 Å². The first-order valence-electron chi connectivity index (χ1n) is 11.8. The third-order valence-corrected chi connectivity index (χ3v) is 8.60. The van der Waals surface area contributed by atoms with Gasteiger partial charge in [-0.3, -0.25) is 0 Å². The Kier molecular flexibility index (Phi) is 8.08. The monoisotopic (exact) mass is 557 g/mol. The molecule has 0 saturated heterocycles. The number of anilines is 4. The molecule has 0 spiro atoms. The number of hydrogen-bond donors (Lipinski definition) is 3. The van der Waals surface area contributed by atoms with Gasteiger partial charge in [0.05, 0.1) is 34.8 Å². The van der Waals surface area contributed by atoms with Crippen LogP contribution in [0.2, 0.25) is 5.02 Å². The molecular formula is C26H28ClN5O5S. The minimum atomic E-state index is -3.55. The molecule has 12 heteroatoms. The van der Waals surface area contributed by atoms with Gasteiger partial charge in [-0.15, -0.1) is 0 Å². The number of halogens is 1. The molecule has 0 fully saturated rings. The summed E-state index contributed by atoms with van der Waals surface area (Å²) in [4.78, 5) is 21.4. The lowest BCUT2D eigenvalue weighted by atomic mass is 9.99. The van der Waals surface area contributed by atoms with E-state index in [0.29, 0.717) is 36.6 Å². The van der Waals surface area contributed by atoms with Crippen molar-refractivity contribution in [2.75, 3.05) is 30.8 Å². The molecule has 3 N–H and O–H groups in total. The number of aromatic nitrogens is 2. The zero-order valence-corrected chi connectivity index (χ0v) is 22.7. The number of ether oxygens (including phenoxy) is 1. The first-order valence-corrected chi connectivity index (χ1v) is 13.8. The molecule has 0 radical (unpaired) electrons. The Morgan fingerprint density at radius 3 is 2.58 bits per heavy atom. The number of nitrogens with zero attached hydrogens (tertiary/aromatic N) is 3. The van der Waals surface area contributed by atoms with Crippen LogP contribution in [0.25, 0.3) is 5.57 Å². The molecule has 0 unspecified atom stereocenters. The van der Waals surface area contributed by atoms with Gasteiger partial charge in [-0.1, -0.05) is 35.9 Å². The molecule has 1 aromatic heterocycles. The van der Waals surface area contributed by atoms with Gasteiger partial charge in [0.2, 0.25) is 5.95 Å². The number of benzene rings is 2. The molecule has 200 valence electrons. The summed E-state index contributed by atoms with van der Waals surface area (Å²) >= 11 is 6.34. The van der Waals surface area contributed by atoms with Crippen LogP contribution < -0.4 is 15.4 Å². The number of rotatable bonds is 8. The number of nitrogens with one attached hydrogen (secondary N) is 2. The fraction of sp³-hybridized carbons (Fsp3) is 0.269. The topological polar surface area (TPSA) is 134 Å². The van der Waals surface area contributed by atoms with E-state index in [4.69, 9.17) is 21.4 Å². The highest BCUT2D eigenvalue weighted by Crippen LogP contribution is 2.34. The molecule has 1 amide bonds. The number of sulfone groups is 1. The maximum absolute atomic E-state index is 12.8. The molecule has 2 heterocycles. The second kappa shape index (κ2) is 11.3. The molecule has 3 aromatic rings. The van der Waals surface area contributed by atoms with Crippen molar-refractivity contribution in [3.63, 3.8) is 0 Å². The van der Waals surface area contributed by atoms with Crippen LogP contribution in [-0.2, 0) is 9.84 Å². The molecule has 38 heavy (non-hydrogen) atoms. The molecule has 10 nitrogen and oxygen atoms in total. The van der Waals surface area contributed by atoms with Gasteiger partial charge in [-0.05, 0) is 55.7 Å². The van der Waals surface area contributed by atoms with Gasteiger partial charge in [-0.25, -0.2) is 18.2 Å². The number of amides is 1. The van der Waals surface area contributed by atoms with Crippen molar-refractivity contribution < 1.29 is 23.1 Å². The normalized spacial score (nSPS) is 13.7. The smallest absolute Gasteiger partial charge is 0.407 e. The molecule has 0 aliphatic carbocycles. The SMILES string of the molecule is COc1cc(C2=CCN(C(=O)O)CC2)ccc1Nc1ncc(Cl)c(Nc2ccccc2S(=O)(=O)C(C)C)n1. The van der Waals surface area contributed by atoms with E-state index in [-0.39, 0.29) is 21.7 Å². The van der Waals surface area contributed by atoms with Crippen molar-refractivity contribution >= 4 is 56.2 Å². The molecule has 0 atom stereocenters. The summed E-state index contributed by atoms with van der Waals surface area (Å²) in [7, 11) is -2.00. The lowest BCUT2D eigenvalue weighted by molar-refractivity contribution is 0.150. The Hall–Kier alpha value is -3.83. The fourth-order valence-electron chi connectivity index (χ4n) is 3.93. The Balaban J connectivity index is 1.58. The summed E-state index contributed by atoms with van der Waals surface area (Å²) in [6.07, 6.45) is 2.99. The Labute approximate surface area is 226 Å². The average molecular weight is 558 g/mol. The van der Waals surface area contributed by atoms with Crippen LogP contribution in [-0.4, -0.2) is 59.9 Å². The minimum absolute atomic E-state index is 0.153. The highest BCUT2D eigenvalue weighted by Gasteiger charge is 2.23. The van der Waals surface area contributed by atoms with Gasteiger partial charge >= 0.3 is 6.09 Å². The van der Waals surface area contributed by atoms with Gasteiger partial charge in [0.1, 0.15) is 10.8 Å². The van der Waals surface area contributed by atoms with E-state index in [1.807, 2.05) is 24.3 Å². The van der Waals surface area contributed by atoms with E-state index in [0.717, 1.165) is 11.1 Å². The van der Waals surface area contributed by atoms with Crippen LogP contribution in [0.1, 0.15) is 25.8 Å². The van der Waals surface area contributed by atoms with Gasteiger partial charge in [0, 0.05) is 13.1 Å². The third-order valence-electron chi connectivity index (χ3n) is 6.11. The Morgan fingerprint density at radius 2 is 1.92 bits per heavy atom. The molecule has 4 rings (SSSR count). The van der Waals surface area contributed by atoms with Crippen LogP contribution in [0.5, 0.6) is 5.75 Å². The molecule has 0 bridgehead atoms. The van der Waals surface area contributed by atoms with Crippen molar-refractivity contribution in [1.29, 1.82) is 0 Å². The summed E-state index contributed by atoms with van der Waals surface area (Å²) in [6, 6.07) is 12.2. The van der Waals surface area contributed by atoms with Crippen LogP contribution in [0.4, 0.5) is 27.9 Å². The Bertz CT molecular complexity index is 1490. The summed E-state index contributed by atoms with van der Waals surface area (Å²) < 4.78 is 31.2. The summed E-state index contributed by atoms with van der Waals surface area (Å²) in [6.45, 7) is 4.02. The molecule has 1 aliphatic heterocycles. The predicted octanol–water partition coefficient (Wildman–Crippen LogP) is 5.58. The fourth-order valence-corrected chi connectivity index (χ4v) is 5.27. The van der Waals surface area contributed by atoms with Crippen molar-refractivity contribution in [3.05, 3.63) is 65.3 Å². The molecule has 0 saturated carbocycles. The largest absolute Gasteiger partial charge is 0.495 e. The van der Waals surface area contributed by atoms with Gasteiger partial charge in [0.25, 0.3) is 0 Å². The van der Waals surface area contributed by atoms with Crippen LogP contribution >= 0.6 is 11.6 Å². The Morgan fingerprint density at radius 1 is 1.16 bits per heavy atom. The van der Waals surface area contributed by atoms with E-state index in [2.05, 4.69) is 20.6 Å². The second-order valence-electron chi connectivity index (χ2n) is 8.85. The van der Waals surface area contributed by atoms with Crippen molar-refractivity contribution in [1.82, 2.24) is 14.9 Å².